The van der Waals surface area contributed by atoms with Crippen LogP contribution in [0.15, 0.2) is 48.5 Å². The minimum atomic E-state index is -1.01. The van der Waals surface area contributed by atoms with Gasteiger partial charge in [0.25, 0.3) is 0 Å². The highest BCUT2D eigenvalue weighted by atomic mass is 16.4. The van der Waals surface area contributed by atoms with Crippen LogP contribution in [0.5, 0.6) is 0 Å². The van der Waals surface area contributed by atoms with Crippen LogP contribution in [0, 0.1) is 12.8 Å². The molecule has 0 fully saturated rings. The Bertz CT molecular complexity index is 975. The van der Waals surface area contributed by atoms with Crippen molar-refractivity contribution in [3.8, 4) is 0 Å². The molecule has 32 heavy (non-hydrogen) atoms. The third-order valence-electron chi connectivity index (χ3n) is 4.63. The molecule has 0 aliphatic carbocycles. The molecule has 2 aromatic carbocycles. The predicted molar refractivity (Wildman–Crippen MR) is 123 cm³/mol. The first kappa shape index (κ1) is 24.4. The van der Waals surface area contributed by atoms with Gasteiger partial charge in [-0.2, -0.15) is 0 Å². The standard InChI is InChI=1S/C23H28N4O5/c1-14-6-4-5-7-19(14)27-23(32)26-18-10-8-17(9-11-18)25-20(28)12-15(2)22(31)24-16(3)13-21(29)30/h4-11,15-16H,12-13H2,1-3H3,(H,24,31)(H,25,28)(H,29,30)(H2,26,27,32)/t15-,16-/m1/s1. The molecule has 0 saturated carbocycles. The lowest BCUT2D eigenvalue weighted by molar-refractivity contribution is -0.138. The van der Waals surface area contributed by atoms with E-state index >= 15 is 0 Å². The molecule has 2 aromatic rings. The highest BCUT2D eigenvalue weighted by molar-refractivity contribution is 6.00. The lowest BCUT2D eigenvalue weighted by atomic mass is 10.1. The van der Waals surface area contributed by atoms with Crippen LogP contribution in [0.25, 0.3) is 0 Å². The van der Waals surface area contributed by atoms with Gasteiger partial charge in [-0.1, -0.05) is 25.1 Å². The maximum absolute atomic E-state index is 12.2. The summed E-state index contributed by atoms with van der Waals surface area (Å²) >= 11 is 0. The fraction of sp³-hybridized carbons (Fsp3) is 0.304. The van der Waals surface area contributed by atoms with Crippen molar-refractivity contribution in [1.82, 2.24) is 5.32 Å². The SMILES string of the molecule is Cc1ccccc1NC(=O)Nc1ccc(NC(=O)C[C@@H](C)C(=O)N[C@H](C)CC(=O)O)cc1. The lowest BCUT2D eigenvalue weighted by Gasteiger charge is -2.16. The van der Waals surface area contributed by atoms with Gasteiger partial charge in [0, 0.05) is 35.4 Å². The summed E-state index contributed by atoms with van der Waals surface area (Å²) in [4.78, 5) is 47.1. The molecular formula is C23H28N4O5. The van der Waals surface area contributed by atoms with E-state index in [1.54, 1.807) is 38.1 Å². The van der Waals surface area contributed by atoms with Crippen molar-refractivity contribution in [2.75, 3.05) is 16.0 Å². The summed E-state index contributed by atoms with van der Waals surface area (Å²) in [6.45, 7) is 5.09. The van der Waals surface area contributed by atoms with E-state index < -0.39 is 17.9 Å². The molecule has 9 nitrogen and oxygen atoms in total. The monoisotopic (exact) mass is 440 g/mol. The average Bonchev–Trinajstić information content (AvgIpc) is 2.70. The Hall–Kier alpha value is -3.88. The number of carbonyl (C=O) groups is 4. The number of aliphatic carboxylic acids is 1. The summed E-state index contributed by atoms with van der Waals surface area (Å²) < 4.78 is 0. The smallest absolute Gasteiger partial charge is 0.323 e. The van der Waals surface area contributed by atoms with Gasteiger partial charge in [0.2, 0.25) is 11.8 Å². The van der Waals surface area contributed by atoms with E-state index in [-0.39, 0.29) is 30.7 Å². The molecule has 0 aliphatic rings. The summed E-state index contributed by atoms with van der Waals surface area (Å²) in [5.41, 5.74) is 2.73. The number of carboxylic acids is 1. The highest BCUT2D eigenvalue weighted by Gasteiger charge is 2.19. The van der Waals surface area contributed by atoms with Crippen molar-refractivity contribution < 1.29 is 24.3 Å². The van der Waals surface area contributed by atoms with Gasteiger partial charge in [-0.15, -0.1) is 0 Å². The zero-order chi connectivity index (χ0) is 23.7. The summed E-state index contributed by atoms with van der Waals surface area (Å²) in [5, 5.41) is 19.5. The van der Waals surface area contributed by atoms with Crippen LogP contribution in [0.4, 0.5) is 21.9 Å². The Labute approximate surface area is 186 Å². The number of carboxylic acid groups (broad SMARTS) is 1. The minimum Gasteiger partial charge on any atom is -0.481 e. The second-order valence-electron chi connectivity index (χ2n) is 7.63. The van der Waals surface area contributed by atoms with Crippen molar-refractivity contribution >= 4 is 40.9 Å². The molecule has 0 aromatic heterocycles. The number of anilines is 3. The number of nitrogens with one attached hydrogen (secondary N) is 4. The van der Waals surface area contributed by atoms with Crippen LogP contribution in [-0.4, -0.2) is 35.0 Å². The summed E-state index contributed by atoms with van der Waals surface area (Å²) in [7, 11) is 0. The van der Waals surface area contributed by atoms with E-state index in [0.29, 0.717) is 17.1 Å². The fourth-order valence-corrected chi connectivity index (χ4v) is 2.92. The van der Waals surface area contributed by atoms with Gasteiger partial charge in [0.15, 0.2) is 0 Å². The number of hydrogen-bond donors (Lipinski definition) is 5. The normalized spacial score (nSPS) is 12.2. The Kier molecular flexibility index (Phi) is 8.76. The Morgan fingerprint density at radius 3 is 2.03 bits per heavy atom. The van der Waals surface area contributed by atoms with Gasteiger partial charge in [-0.25, -0.2) is 4.79 Å². The number of para-hydroxylation sites is 1. The van der Waals surface area contributed by atoms with Crippen LogP contribution in [0.2, 0.25) is 0 Å². The molecule has 0 aliphatic heterocycles. The van der Waals surface area contributed by atoms with Crippen molar-refractivity contribution in [2.45, 2.75) is 39.7 Å². The quantitative estimate of drug-likeness (QED) is 0.406. The molecule has 0 saturated heterocycles. The third kappa shape index (κ3) is 8.10. The van der Waals surface area contributed by atoms with Gasteiger partial charge < -0.3 is 26.4 Å². The maximum atomic E-state index is 12.2. The van der Waals surface area contributed by atoms with E-state index in [2.05, 4.69) is 21.3 Å². The predicted octanol–water partition coefficient (Wildman–Crippen LogP) is 3.58. The minimum absolute atomic E-state index is 0.0511. The highest BCUT2D eigenvalue weighted by Crippen LogP contribution is 2.17. The Morgan fingerprint density at radius 2 is 1.44 bits per heavy atom. The van der Waals surface area contributed by atoms with E-state index in [0.717, 1.165) is 5.56 Å². The second-order valence-corrected chi connectivity index (χ2v) is 7.63. The second kappa shape index (κ2) is 11.5. The summed E-state index contributed by atoms with van der Waals surface area (Å²) in [6.07, 6.45) is -0.238. The van der Waals surface area contributed by atoms with Gasteiger partial charge in [-0.05, 0) is 49.7 Å². The van der Waals surface area contributed by atoms with Crippen LogP contribution in [-0.2, 0) is 14.4 Å². The van der Waals surface area contributed by atoms with Gasteiger partial charge in [-0.3, -0.25) is 14.4 Å². The molecule has 9 heteroatoms. The van der Waals surface area contributed by atoms with E-state index in [4.69, 9.17) is 5.11 Å². The van der Waals surface area contributed by atoms with Gasteiger partial charge in [0.05, 0.1) is 6.42 Å². The molecular weight excluding hydrogens is 412 g/mol. The molecule has 170 valence electrons. The number of rotatable bonds is 9. The Morgan fingerprint density at radius 1 is 0.844 bits per heavy atom. The van der Waals surface area contributed by atoms with Crippen molar-refractivity contribution in [3.05, 3.63) is 54.1 Å². The summed E-state index contributed by atoms with van der Waals surface area (Å²) in [6, 6.07) is 13.1. The average molecular weight is 441 g/mol. The molecule has 5 N–H and O–H groups in total. The molecule has 2 rings (SSSR count). The largest absolute Gasteiger partial charge is 0.481 e. The molecule has 4 amide bonds. The molecule has 0 spiro atoms. The van der Waals surface area contributed by atoms with E-state index in [1.165, 1.54) is 0 Å². The third-order valence-corrected chi connectivity index (χ3v) is 4.63. The number of amides is 4. The molecule has 0 bridgehead atoms. The number of urea groups is 1. The van der Waals surface area contributed by atoms with Crippen molar-refractivity contribution in [3.63, 3.8) is 0 Å². The van der Waals surface area contributed by atoms with Crippen LogP contribution >= 0.6 is 0 Å². The van der Waals surface area contributed by atoms with E-state index in [9.17, 15) is 19.2 Å². The number of carbonyl (C=O) groups excluding carboxylic acids is 3. The first-order valence-electron chi connectivity index (χ1n) is 10.2. The van der Waals surface area contributed by atoms with Crippen LogP contribution in [0.3, 0.4) is 0 Å². The van der Waals surface area contributed by atoms with Crippen LogP contribution in [0.1, 0.15) is 32.3 Å². The van der Waals surface area contributed by atoms with Crippen LogP contribution < -0.4 is 21.3 Å². The maximum Gasteiger partial charge on any atom is 0.323 e. The van der Waals surface area contributed by atoms with E-state index in [1.807, 2.05) is 31.2 Å². The zero-order valence-corrected chi connectivity index (χ0v) is 18.3. The first-order valence-corrected chi connectivity index (χ1v) is 10.2. The lowest BCUT2D eigenvalue weighted by Crippen LogP contribution is -2.38. The van der Waals surface area contributed by atoms with Crippen molar-refractivity contribution in [1.29, 1.82) is 0 Å². The van der Waals surface area contributed by atoms with Gasteiger partial charge in [0.1, 0.15) is 0 Å². The molecule has 0 unspecified atom stereocenters. The topological polar surface area (TPSA) is 137 Å². The number of benzene rings is 2. The molecule has 0 radical (unpaired) electrons. The van der Waals surface area contributed by atoms with Crippen molar-refractivity contribution in [2.24, 2.45) is 5.92 Å². The number of aryl methyl sites for hydroxylation is 1. The zero-order valence-electron chi connectivity index (χ0n) is 18.3. The molecule has 0 heterocycles. The van der Waals surface area contributed by atoms with Gasteiger partial charge >= 0.3 is 12.0 Å². The Balaban J connectivity index is 1.82. The first-order chi connectivity index (χ1) is 15.1. The number of hydrogen-bond acceptors (Lipinski definition) is 4. The summed E-state index contributed by atoms with van der Waals surface area (Å²) in [5.74, 6) is -2.35. The molecule has 2 atom stereocenters. The fourth-order valence-electron chi connectivity index (χ4n) is 2.92.